The molecular formula is C37H26BBrO2. The molecule has 0 aliphatic heterocycles. The second-order valence-corrected chi connectivity index (χ2v) is 11.3. The van der Waals surface area contributed by atoms with E-state index in [1.165, 1.54) is 11.1 Å². The van der Waals surface area contributed by atoms with Crippen molar-refractivity contribution in [3.05, 3.63) is 172 Å². The Labute approximate surface area is 248 Å². The zero-order valence-electron chi connectivity index (χ0n) is 22.2. The Kier molecular flexibility index (Phi) is 6.47. The predicted octanol–water partition coefficient (Wildman–Crippen LogP) is 7.83. The summed E-state index contributed by atoms with van der Waals surface area (Å²) in [4.78, 5) is 0. The van der Waals surface area contributed by atoms with Crippen LogP contribution < -0.4 is 5.46 Å². The van der Waals surface area contributed by atoms with Crippen LogP contribution >= 0.6 is 15.9 Å². The number of hydrogen-bond donors (Lipinski definition) is 2. The van der Waals surface area contributed by atoms with Gasteiger partial charge < -0.3 is 10.0 Å². The average molecular weight is 593 g/mol. The van der Waals surface area contributed by atoms with Gasteiger partial charge in [-0.15, -0.1) is 0 Å². The third-order valence-corrected chi connectivity index (χ3v) is 8.86. The molecule has 0 atom stereocenters. The largest absolute Gasteiger partial charge is 0.488 e. The van der Waals surface area contributed by atoms with Crippen molar-refractivity contribution in [3.8, 4) is 33.4 Å². The van der Waals surface area contributed by atoms with Crippen LogP contribution in [0.5, 0.6) is 0 Å². The molecule has 1 aliphatic carbocycles. The summed E-state index contributed by atoms with van der Waals surface area (Å²) in [5.74, 6) is 0. The Morgan fingerprint density at radius 2 is 0.878 bits per heavy atom. The normalized spacial score (nSPS) is 13.0. The lowest BCUT2D eigenvalue weighted by molar-refractivity contribution is 0.425. The average Bonchev–Trinajstić information content (AvgIpc) is 3.33. The number of rotatable bonds is 5. The van der Waals surface area contributed by atoms with Crippen molar-refractivity contribution >= 4 is 28.5 Å². The molecule has 0 unspecified atom stereocenters. The van der Waals surface area contributed by atoms with E-state index in [0.717, 1.165) is 49.0 Å². The first kappa shape index (κ1) is 25.7. The highest BCUT2D eigenvalue weighted by Crippen LogP contribution is 2.60. The van der Waals surface area contributed by atoms with Crippen LogP contribution in [0, 0.1) is 0 Å². The van der Waals surface area contributed by atoms with Gasteiger partial charge in [-0.25, -0.2) is 0 Å². The third-order valence-electron chi connectivity index (χ3n) is 8.24. The summed E-state index contributed by atoms with van der Waals surface area (Å²) in [6, 6.07) is 50.7. The van der Waals surface area contributed by atoms with E-state index < -0.39 is 12.5 Å². The number of halogens is 1. The molecule has 0 aromatic heterocycles. The standard InChI is InChI=1S/C37H26BBrO2/c39-35-24-27(38(40)41)23-31-30-19-9-12-22-34(30)37(36(31)35,32-20-10-7-17-28(32)25-13-3-1-4-14-25)33-21-11-8-18-29(33)26-15-5-2-6-16-26/h1-24,40-41H. The Morgan fingerprint density at radius 1 is 0.463 bits per heavy atom. The minimum Gasteiger partial charge on any atom is -0.423 e. The Hall–Kier alpha value is -4.22. The summed E-state index contributed by atoms with van der Waals surface area (Å²) >= 11 is 3.94. The summed E-state index contributed by atoms with van der Waals surface area (Å²) < 4.78 is 0.833. The highest BCUT2D eigenvalue weighted by molar-refractivity contribution is 9.10. The molecule has 0 fully saturated rings. The van der Waals surface area contributed by atoms with Gasteiger partial charge in [0.2, 0.25) is 0 Å². The van der Waals surface area contributed by atoms with Gasteiger partial charge >= 0.3 is 7.12 Å². The molecule has 0 amide bonds. The van der Waals surface area contributed by atoms with Crippen LogP contribution in [0.2, 0.25) is 0 Å². The van der Waals surface area contributed by atoms with E-state index >= 15 is 0 Å². The van der Waals surface area contributed by atoms with Crippen molar-refractivity contribution in [1.29, 1.82) is 0 Å². The van der Waals surface area contributed by atoms with Crippen LogP contribution in [0.1, 0.15) is 22.3 Å². The zero-order chi connectivity index (χ0) is 28.0. The summed E-state index contributed by atoms with van der Waals surface area (Å²) in [6.45, 7) is 0. The number of benzene rings is 6. The first-order valence-electron chi connectivity index (χ1n) is 13.7. The van der Waals surface area contributed by atoms with Gasteiger partial charge in [0.25, 0.3) is 0 Å². The smallest absolute Gasteiger partial charge is 0.423 e. The van der Waals surface area contributed by atoms with Crippen LogP contribution in [0.25, 0.3) is 33.4 Å². The molecule has 0 heterocycles. The van der Waals surface area contributed by atoms with Crippen LogP contribution in [0.3, 0.4) is 0 Å². The minimum absolute atomic E-state index is 0.453. The van der Waals surface area contributed by atoms with E-state index in [1.54, 1.807) is 0 Å². The minimum atomic E-state index is -1.58. The first-order valence-corrected chi connectivity index (χ1v) is 14.5. The molecule has 0 radical (unpaired) electrons. The van der Waals surface area contributed by atoms with E-state index in [-0.39, 0.29) is 0 Å². The maximum atomic E-state index is 10.2. The van der Waals surface area contributed by atoms with Gasteiger partial charge in [-0.3, -0.25) is 0 Å². The first-order chi connectivity index (χ1) is 20.1. The SMILES string of the molecule is OB(O)c1cc(Br)c2c(c1)-c1ccccc1C2(c1ccccc1-c1ccccc1)c1ccccc1-c1ccccc1. The van der Waals surface area contributed by atoms with Crippen LogP contribution in [0.15, 0.2) is 150 Å². The fourth-order valence-electron chi connectivity index (χ4n) is 6.61. The molecule has 0 spiro atoms. The quantitative estimate of drug-likeness (QED) is 0.200. The van der Waals surface area contributed by atoms with Gasteiger partial charge in [0, 0.05) is 4.47 Å². The van der Waals surface area contributed by atoms with Gasteiger partial charge in [-0.2, -0.15) is 0 Å². The number of fused-ring (bicyclic) bond motifs is 3. The van der Waals surface area contributed by atoms with Gasteiger partial charge in [0.15, 0.2) is 0 Å². The molecule has 2 N–H and O–H groups in total. The van der Waals surface area contributed by atoms with Crippen molar-refractivity contribution in [2.75, 3.05) is 0 Å². The molecule has 7 rings (SSSR count). The zero-order valence-corrected chi connectivity index (χ0v) is 23.8. The fraction of sp³-hybridized carbons (Fsp3) is 0.0270. The molecule has 2 nitrogen and oxygen atoms in total. The second-order valence-electron chi connectivity index (χ2n) is 10.4. The fourth-order valence-corrected chi connectivity index (χ4v) is 7.39. The molecule has 6 aromatic rings. The topological polar surface area (TPSA) is 40.5 Å². The maximum absolute atomic E-state index is 10.2. The van der Waals surface area contributed by atoms with Crippen molar-refractivity contribution < 1.29 is 10.0 Å². The van der Waals surface area contributed by atoms with E-state index in [2.05, 4.69) is 137 Å². The molecule has 4 heteroatoms. The summed E-state index contributed by atoms with van der Waals surface area (Å²) in [7, 11) is -1.58. The summed E-state index contributed by atoms with van der Waals surface area (Å²) in [5, 5.41) is 20.4. The maximum Gasteiger partial charge on any atom is 0.488 e. The Bertz CT molecular complexity index is 1800. The summed E-state index contributed by atoms with van der Waals surface area (Å²) in [5.41, 5.74) is 11.0. The van der Waals surface area contributed by atoms with Crippen LogP contribution in [-0.4, -0.2) is 17.2 Å². The molecule has 196 valence electrons. The van der Waals surface area contributed by atoms with Gasteiger partial charge in [0.1, 0.15) is 0 Å². The monoisotopic (exact) mass is 592 g/mol. The molecular weight excluding hydrogens is 567 g/mol. The van der Waals surface area contributed by atoms with Gasteiger partial charge in [0.05, 0.1) is 5.41 Å². The highest BCUT2D eigenvalue weighted by atomic mass is 79.9. The molecule has 0 saturated carbocycles. The Morgan fingerprint density at radius 3 is 1.37 bits per heavy atom. The van der Waals surface area contributed by atoms with Crippen molar-refractivity contribution in [3.63, 3.8) is 0 Å². The second kappa shape index (κ2) is 10.3. The lowest BCUT2D eigenvalue weighted by Crippen LogP contribution is -2.33. The van der Waals surface area contributed by atoms with Gasteiger partial charge in [-0.1, -0.05) is 155 Å². The van der Waals surface area contributed by atoms with E-state index in [9.17, 15) is 10.0 Å². The predicted molar refractivity (Wildman–Crippen MR) is 172 cm³/mol. The Balaban J connectivity index is 1.70. The van der Waals surface area contributed by atoms with Crippen molar-refractivity contribution in [1.82, 2.24) is 0 Å². The molecule has 6 aromatic carbocycles. The number of hydrogen-bond acceptors (Lipinski definition) is 2. The van der Waals surface area contributed by atoms with E-state index in [0.29, 0.717) is 5.46 Å². The van der Waals surface area contributed by atoms with Crippen LogP contribution in [-0.2, 0) is 5.41 Å². The van der Waals surface area contributed by atoms with Gasteiger partial charge in [-0.05, 0) is 67.2 Å². The van der Waals surface area contributed by atoms with Crippen LogP contribution in [0.4, 0.5) is 0 Å². The van der Waals surface area contributed by atoms with Crippen molar-refractivity contribution in [2.45, 2.75) is 5.41 Å². The molecule has 1 aliphatic rings. The molecule has 0 bridgehead atoms. The highest BCUT2D eigenvalue weighted by Gasteiger charge is 2.49. The lowest BCUT2D eigenvalue weighted by atomic mass is 9.64. The summed E-state index contributed by atoms with van der Waals surface area (Å²) in [6.07, 6.45) is 0. The lowest BCUT2D eigenvalue weighted by Gasteiger charge is -2.37. The van der Waals surface area contributed by atoms with Crippen molar-refractivity contribution in [2.24, 2.45) is 0 Å². The van der Waals surface area contributed by atoms with E-state index in [1.807, 2.05) is 24.3 Å². The van der Waals surface area contributed by atoms with E-state index in [4.69, 9.17) is 0 Å². The molecule has 0 saturated heterocycles. The molecule has 41 heavy (non-hydrogen) atoms. The third kappa shape index (κ3) is 4.02.